The van der Waals surface area contributed by atoms with Crippen molar-refractivity contribution in [3.05, 3.63) is 0 Å². The van der Waals surface area contributed by atoms with E-state index in [9.17, 15) is 0 Å². The third-order valence-corrected chi connectivity index (χ3v) is 4.14. The lowest BCUT2D eigenvalue weighted by Gasteiger charge is -2.33. The van der Waals surface area contributed by atoms with E-state index in [1.165, 1.54) is 64.7 Å². The summed E-state index contributed by atoms with van der Waals surface area (Å²) in [5.41, 5.74) is 0. The Hall–Kier alpha value is -0.120. The Morgan fingerprint density at radius 3 is 2.94 bits per heavy atom. The van der Waals surface area contributed by atoms with Crippen molar-refractivity contribution >= 4 is 0 Å². The summed E-state index contributed by atoms with van der Waals surface area (Å²) < 4.78 is 0. The molecule has 16 heavy (non-hydrogen) atoms. The number of likely N-dealkylation sites (N-methyl/N-ethyl adjacent to an activating group) is 1. The van der Waals surface area contributed by atoms with Crippen molar-refractivity contribution in [2.45, 2.75) is 50.6 Å². The maximum absolute atomic E-state index is 3.78. The topological polar surface area (TPSA) is 27.3 Å². The van der Waals surface area contributed by atoms with Crippen LogP contribution in [0, 0.1) is 0 Å². The van der Waals surface area contributed by atoms with E-state index in [4.69, 9.17) is 0 Å². The fourth-order valence-corrected chi connectivity index (χ4v) is 2.93. The standard InChI is InChI=1S/C13H27N3/c1-16-10-3-2-6-13(16)11-15-12-5-4-8-14-9-7-12/h12-15H,2-11H2,1H3. The van der Waals surface area contributed by atoms with Crippen molar-refractivity contribution in [1.82, 2.24) is 15.5 Å². The van der Waals surface area contributed by atoms with Crippen molar-refractivity contribution in [2.75, 3.05) is 33.2 Å². The molecule has 2 aliphatic rings. The molecule has 2 N–H and O–H groups in total. The van der Waals surface area contributed by atoms with Crippen LogP contribution in [0.1, 0.15) is 38.5 Å². The summed E-state index contributed by atoms with van der Waals surface area (Å²) >= 11 is 0. The lowest BCUT2D eigenvalue weighted by atomic mass is 10.0. The molecule has 2 aliphatic heterocycles. The average Bonchev–Trinajstić information content (AvgIpc) is 2.56. The largest absolute Gasteiger partial charge is 0.317 e. The number of nitrogens with zero attached hydrogens (tertiary/aromatic N) is 1. The van der Waals surface area contributed by atoms with Gasteiger partial charge in [-0.1, -0.05) is 6.42 Å². The van der Waals surface area contributed by atoms with E-state index in [1.807, 2.05) is 0 Å². The second kappa shape index (κ2) is 6.58. The number of rotatable bonds is 3. The Morgan fingerprint density at radius 1 is 1.12 bits per heavy atom. The molecule has 2 atom stereocenters. The Bertz CT molecular complexity index is 188. The third-order valence-electron chi connectivity index (χ3n) is 4.14. The van der Waals surface area contributed by atoms with Gasteiger partial charge < -0.3 is 15.5 Å². The second-order valence-electron chi connectivity index (χ2n) is 5.42. The minimum atomic E-state index is 0.755. The molecule has 0 aliphatic carbocycles. The van der Waals surface area contributed by atoms with Crippen LogP contribution in [-0.4, -0.2) is 50.2 Å². The molecular weight excluding hydrogens is 198 g/mol. The fraction of sp³-hybridized carbons (Fsp3) is 1.00. The van der Waals surface area contributed by atoms with Crippen molar-refractivity contribution in [3.8, 4) is 0 Å². The Balaban J connectivity index is 1.68. The van der Waals surface area contributed by atoms with Crippen LogP contribution in [0.25, 0.3) is 0 Å². The summed E-state index contributed by atoms with van der Waals surface area (Å²) in [5, 5.41) is 7.25. The molecule has 2 unspecified atom stereocenters. The van der Waals surface area contributed by atoms with Crippen molar-refractivity contribution in [2.24, 2.45) is 0 Å². The SMILES string of the molecule is CN1CCCCC1CNC1CCCNCC1. The first-order chi connectivity index (χ1) is 7.86. The number of nitrogens with one attached hydrogen (secondary N) is 2. The van der Waals surface area contributed by atoms with Crippen LogP contribution in [0.3, 0.4) is 0 Å². The van der Waals surface area contributed by atoms with Gasteiger partial charge in [0.1, 0.15) is 0 Å². The van der Waals surface area contributed by atoms with Gasteiger partial charge in [0.2, 0.25) is 0 Å². The van der Waals surface area contributed by atoms with Gasteiger partial charge in [-0.15, -0.1) is 0 Å². The summed E-state index contributed by atoms with van der Waals surface area (Å²) in [6.45, 7) is 4.89. The lowest BCUT2D eigenvalue weighted by molar-refractivity contribution is 0.176. The van der Waals surface area contributed by atoms with Gasteiger partial charge in [-0.3, -0.25) is 0 Å². The minimum Gasteiger partial charge on any atom is -0.317 e. The molecular formula is C13H27N3. The van der Waals surface area contributed by atoms with Gasteiger partial charge in [0, 0.05) is 18.6 Å². The molecule has 0 spiro atoms. The maximum Gasteiger partial charge on any atom is 0.0217 e. The van der Waals surface area contributed by atoms with Gasteiger partial charge in [-0.25, -0.2) is 0 Å². The minimum absolute atomic E-state index is 0.755. The zero-order valence-corrected chi connectivity index (χ0v) is 10.7. The van der Waals surface area contributed by atoms with Gasteiger partial charge in [0.25, 0.3) is 0 Å². The van der Waals surface area contributed by atoms with Crippen molar-refractivity contribution in [1.29, 1.82) is 0 Å². The summed E-state index contributed by atoms with van der Waals surface area (Å²) in [4.78, 5) is 2.53. The smallest absolute Gasteiger partial charge is 0.0217 e. The molecule has 0 saturated carbocycles. The zero-order chi connectivity index (χ0) is 11.2. The third kappa shape index (κ3) is 3.72. The first-order valence-electron chi connectivity index (χ1n) is 7.00. The van der Waals surface area contributed by atoms with Crippen molar-refractivity contribution < 1.29 is 0 Å². The molecule has 0 aromatic heterocycles. The van der Waals surface area contributed by atoms with Crippen LogP contribution in [0.5, 0.6) is 0 Å². The van der Waals surface area contributed by atoms with Crippen molar-refractivity contribution in [3.63, 3.8) is 0 Å². The molecule has 2 heterocycles. The second-order valence-corrected chi connectivity index (χ2v) is 5.42. The summed E-state index contributed by atoms with van der Waals surface area (Å²) in [7, 11) is 2.28. The summed E-state index contributed by atoms with van der Waals surface area (Å²) in [6, 6.07) is 1.54. The van der Waals surface area contributed by atoms with E-state index in [0.29, 0.717) is 0 Å². The summed E-state index contributed by atoms with van der Waals surface area (Å²) in [5.74, 6) is 0. The van der Waals surface area contributed by atoms with Gasteiger partial charge in [-0.05, 0) is 58.8 Å². The Morgan fingerprint density at radius 2 is 2.06 bits per heavy atom. The van der Waals surface area contributed by atoms with E-state index in [-0.39, 0.29) is 0 Å². The maximum atomic E-state index is 3.78. The fourth-order valence-electron chi connectivity index (χ4n) is 2.93. The van der Waals surface area contributed by atoms with Gasteiger partial charge in [0.15, 0.2) is 0 Å². The molecule has 0 aromatic carbocycles. The van der Waals surface area contributed by atoms with E-state index < -0.39 is 0 Å². The highest BCUT2D eigenvalue weighted by atomic mass is 15.2. The molecule has 3 nitrogen and oxygen atoms in total. The highest BCUT2D eigenvalue weighted by molar-refractivity contribution is 4.80. The van der Waals surface area contributed by atoms with Crippen LogP contribution in [0.15, 0.2) is 0 Å². The molecule has 2 fully saturated rings. The highest BCUT2D eigenvalue weighted by Crippen LogP contribution is 2.15. The molecule has 0 bridgehead atoms. The predicted octanol–water partition coefficient (Wildman–Crippen LogP) is 1.20. The van der Waals surface area contributed by atoms with Crippen LogP contribution in [-0.2, 0) is 0 Å². The Kier molecular flexibility index (Phi) is 5.07. The Labute approximate surface area is 100.0 Å². The molecule has 2 rings (SSSR count). The zero-order valence-electron chi connectivity index (χ0n) is 10.7. The number of hydrogen-bond acceptors (Lipinski definition) is 3. The first kappa shape index (κ1) is 12.3. The predicted molar refractivity (Wildman–Crippen MR) is 68.8 cm³/mol. The highest BCUT2D eigenvalue weighted by Gasteiger charge is 2.20. The monoisotopic (exact) mass is 225 g/mol. The van der Waals surface area contributed by atoms with Gasteiger partial charge in [0.05, 0.1) is 0 Å². The average molecular weight is 225 g/mol. The normalized spacial score (nSPS) is 33.6. The molecule has 0 amide bonds. The van der Waals surface area contributed by atoms with E-state index >= 15 is 0 Å². The lowest BCUT2D eigenvalue weighted by Crippen LogP contribution is -2.45. The van der Waals surface area contributed by atoms with Gasteiger partial charge >= 0.3 is 0 Å². The molecule has 2 saturated heterocycles. The molecule has 0 aromatic rings. The van der Waals surface area contributed by atoms with Crippen LogP contribution >= 0.6 is 0 Å². The van der Waals surface area contributed by atoms with E-state index in [1.54, 1.807) is 0 Å². The van der Waals surface area contributed by atoms with E-state index in [0.717, 1.165) is 12.1 Å². The van der Waals surface area contributed by atoms with Crippen LogP contribution in [0.4, 0.5) is 0 Å². The number of likely N-dealkylation sites (tertiary alicyclic amines) is 1. The number of hydrogen-bond donors (Lipinski definition) is 2. The van der Waals surface area contributed by atoms with Crippen LogP contribution in [0.2, 0.25) is 0 Å². The summed E-state index contributed by atoms with van der Waals surface area (Å²) in [6.07, 6.45) is 8.18. The van der Waals surface area contributed by atoms with Crippen LogP contribution < -0.4 is 10.6 Å². The quantitative estimate of drug-likeness (QED) is 0.756. The molecule has 94 valence electrons. The first-order valence-corrected chi connectivity index (χ1v) is 7.00. The molecule has 0 radical (unpaired) electrons. The number of piperidine rings is 1. The van der Waals surface area contributed by atoms with E-state index in [2.05, 4.69) is 22.6 Å². The molecule has 3 heteroatoms. The van der Waals surface area contributed by atoms with Gasteiger partial charge in [-0.2, -0.15) is 0 Å².